The predicted molar refractivity (Wildman–Crippen MR) is 74.1 cm³/mol. The molecule has 5 heteroatoms. The lowest BCUT2D eigenvalue weighted by molar-refractivity contribution is -0.143. The zero-order valence-electron chi connectivity index (χ0n) is 10.5. The fourth-order valence-electron chi connectivity index (χ4n) is 2.75. The quantitative estimate of drug-likeness (QED) is 0.892. The maximum Gasteiger partial charge on any atom is 0.306 e. The smallest absolute Gasteiger partial charge is 0.306 e. The van der Waals surface area contributed by atoms with Crippen LogP contribution in [0.1, 0.15) is 37.3 Å². The van der Waals surface area contributed by atoms with Crippen molar-refractivity contribution in [1.82, 2.24) is 0 Å². The molecule has 0 heterocycles. The van der Waals surface area contributed by atoms with Crippen molar-refractivity contribution >= 4 is 21.9 Å². The minimum atomic E-state index is -0.736. The summed E-state index contributed by atoms with van der Waals surface area (Å²) in [7, 11) is 0. The normalized spacial score (nSPS) is 25.0. The van der Waals surface area contributed by atoms with Crippen LogP contribution in [0.15, 0.2) is 22.7 Å². The number of hydrogen-bond donors (Lipinski definition) is 2. The third-order valence-electron chi connectivity index (χ3n) is 3.95. The Bertz CT molecular complexity index is 473. The Morgan fingerprint density at radius 1 is 1.37 bits per heavy atom. The Morgan fingerprint density at radius 3 is 2.58 bits per heavy atom. The topological polar surface area (TPSA) is 63.3 Å². The van der Waals surface area contributed by atoms with Gasteiger partial charge in [0.15, 0.2) is 0 Å². The molecular formula is C14H17BrFNO2. The zero-order chi connectivity index (χ0) is 14.0. The molecule has 1 aliphatic carbocycles. The van der Waals surface area contributed by atoms with E-state index in [9.17, 15) is 9.18 Å². The number of carbonyl (C=O) groups is 1. The number of carboxylic acid groups (broad SMARTS) is 1. The first kappa shape index (κ1) is 14.5. The minimum Gasteiger partial charge on any atom is -0.481 e. The molecule has 0 spiro atoms. The number of hydrogen-bond acceptors (Lipinski definition) is 2. The molecule has 0 aromatic heterocycles. The fourth-order valence-corrected chi connectivity index (χ4v) is 3.13. The van der Waals surface area contributed by atoms with Gasteiger partial charge in [-0.1, -0.05) is 15.9 Å². The van der Waals surface area contributed by atoms with Crippen molar-refractivity contribution in [1.29, 1.82) is 0 Å². The maximum absolute atomic E-state index is 13.8. The molecule has 2 rings (SSSR count). The third kappa shape index (κ3) is 3.34. The molecule has 1 aromatic carbocycles. The Kier molecular flexibility index (Phi) is 4.58. The summed E-state index contributed by atoms with van der Waals surface area (Å²) in [5, 5.41) is 8.96. The highest BCUT2D eigenvalue weighted by Crippen LogP contribution is 2.37. The second-order valence-electron chi connectivity index (χ2n) is 5.14. The van der Waals surface area contributed by atoms with Crippen LogP contribution in [0, 0.1) is 17.7 Å². The Hall–Kier alpha value is -0.940. The van der Waals surface area contributed by atoms with Gasteiger partial charge in [0.25, 0.3) is 0 Å². The van der Waals surface area contributed by atoms with Crippen LogP contribution in [-0.2, 0) is 4.79 Å². The Balaban J connectivity index is 2.07. The molecule has 1 saturated carbocycles. The summed E-state index contributed by atoms with van der Waals surface area (Å²) in [6.07, 6.45) is 2.74. The van der Waals surface area contributed by atoms with Crippen LogP contribution in [-0.4, -0.2) is 11.1 Å². The van der Waals surface area contributed by atoms with E-state index in [1.807, 2.05) is 0 Å². The van der Waals surface area contributed by atoms with Crippen LogP contribution < -0.4 is 5.73 Å². The summed E-state index contributed by atoms with van der Waals surface area (Å²) < 4.78 is 14.6. The van der Waals surface area contributed by atoms with Crippen LogP contribution in [0.5, 0.6) is 0 Å². The van der Waals surface area contributed by atoms with Crippen molar-refractivity contribution in [2.24, 2.45) is 17.6 Å². The molecule has 0 bridgehead atoms. The zero-order valence-corrected chi connectivity index (χ0v) is 12.1. The Labute approximate surface area is 120 Å². The van der Waals surface area contributed by atoms with Gasteiger partial charge in [0.05, 0.1) is 5.92 Å². The first-order valence-corrected chi connectivity index (χ1v) is 7.21. The second kappa shape index (κ2) is 6.01. The maximum atomic E-state index is 13.8. The van der Waals surface area contributed by atoms with Gasteiger partial charge in [-0.2, -0.15) is 0 Å². The molecule has 1 aliphatic rings. The van der Waals surface area contributed by atoms with E-state index in [1.165, 1.54) is 6.07 Å². The predicted octanol–water partition coefficient (Wildman–Crippen LogP) is 3.48. The van der Waals surface area contributed by atoms with Gasteiger partial charge in [-0.3, -0.25) is 4.79 Å². The van der Waals surface area contributed by atoms with E-state index >= 15 is 0 Å². The minimum absolute atomic E-state index is 0.152. The van der Waals surface area contributed by atoms with Crippen molar-refractivity contribution in [3.8, 4) is 0 Å². The lowest BCUT2D eigenvalue weighted by Crippen LogP contribution is -2.29. The molecule has 0 saturated heterocycles. The average Bonchev–Trinajstić information content (AvgIpc) is 2.41. The van der Waals surface area contributed by atoms with Gasteiger partial charge >= 0.3 is 5.97 Å². The van der Waals surface area contributed by atoms with Gasteiger partial charge < -0.3 is 10.8 Å². The first-order valence-electron chi connectivity index (χ1n) is 6.42. The molecule has 1 atom stereocenters. The van der Waals surface area contributed by atoms with E-state index in [-0.39, 0.29) is 23.7 Å². The van der Waals surface area contributed by atoms with E-state index in [0.29, 0.717) is 18.4 Å². The molecule has 1 unspecified atom stereocenters. The highest BCUT2D eigenvalue weighted by molar-refractivity contribution is 9.10. The fraction of sp³-hybridized carbons (Fsp3) is 0.500. The Morgan fingerprint density at radius 2 is 2.00 bits per heavy atom. The van der Waals surface area contributed by atoms with Crippen molar-refractivity contribution in [2.45, 2.75) is 31.7 Å². The summed E-state index contributed by atoms with van der Waals surface area (Å²) in [4.78, 5) is 10.9. The summed E-state index contributed by atoms with van der Waals surface area (Å²) in [5.41, 5.74) is 6.66. The standard InChI is InChI=1S/C14H17BrFNO2/c15-10-5-6-12(16)11(7-10)13(17)8-1-3-9(4-2-8)14(18)19/h5-9,13H,1-4,17H2,(H,18,19). The van der Waals surface area contributed by atoms with Crippen molar-refractivity contribution in [2.75, 3.05) is 0 Å². The SMILES string of the molecule is NC(c1cc(Br)ccc1F)C1CCC(C(=O)O)CC1. The largest absolute Gasteiger partial charge is 0.481 e. The highest BCUT2D eigenvalue weighted by Gasteiger charge is 2.30. The summed E-state index contributed by atoms with van der Waals surface area (Å²) in [6, 6.07) is 4.39. The number of nitrogens with two attached hydrogens (primary N) is 1. The number of halogens is 2. The number of rotatable bonds is 3. The van der Waals surface area contributed by atoms with Crippen LogP contribution in [0.25, 0.3) is 0 Å². The van der Waals surface area contributed by atoms with Crippen molar-refractivity contribution in [3.05, 3.63) is 34.1 Å². The third-order valence-corrected chi connectivity index (χ3v) is 4.44. The van der Waals surface area contributed by atoms with Gasteiger partial charge in [0.1, 0.15) is 5.82 Å². The molecule has 1 aromatic rings. The molecular weight excluding hydrogens is 313 g/mol. The number of carboxylic acids is 1. The summed E-state index contributed by atoms with van der Waals surface area (Å²) in [5.74, 6) is -1.15. The lowest BCUT2D eigenvalue weighted by Gasteiger charge is -2.30. The molecule has 3 nitrogen and oxygen atoms in total. The van der Waals surface area contributed by atoms with E-state index in [4.69, 9.17) is 10.8 Å². The van der Waals surface area contributed by atoms with Gasteiger partial charge in [-0.05, 0) is 49.8 Å². The molecule has 1 fully saturated rings. The van der Waals surface area contributed by atoms with Crippen LogP contribution in [0.3, 0.4) is 0 Å². The molecule has 0 aliphatic heterocycles. The van der Waals surface area contributed by atoms with Gasteiger partial charge in [-0.25, -0.2) is 4.39 Å². The van der Waals surface area contributed by atoms with Gasteiger partial charge in [0.2, 0.25) is 0 Å². The van der Waals surface area contributed by atoms with Crippen LogP contribution >= 0.6 is 15.9 Å². The van der Waals surface area contributed by atoms with Crippen LogP contribution in [0.2, 0.25) is 0 Å². The lowest BCUT2D eigenvalue weighted by atomic mass is 9.77. The second-order valence-corrected chi connectivity index (χ2v) is 6.06. The number of aliphatic carboxylic acids is 1. The molecule has 0 radical (unpaired) electrons. The summed E-state index contributed by atoms with van der Waals surface area (Å²) in [6.45, 7) is 0. The van der Waals surface area contributed by atoms with Crippen molar-refractivity contribution in [3.63, 3.8) is 0 Å². The van der Waals surface area contributed by atoms with E-state index in [1.54, 1.807) is 12.1 Å². The monoisotopic (exact) mass is 329 g/mol. The average molecular weight is 330 g/mol. The highest BCUT2D eigenvalue weighted by atomic mass is 79.9. The van der Waals surface area contributed by atoms with E-state index < -0.39 is 5.97 Å². The first-order chi connectivity index (χ1) is 8.99. The van der Waals surface area contributed by atoms with Crippen molar-refractivity contribution < 1.29 is 14.3 Å². The van der Waals surface area contributed by atoms with Gasteiger partial charge in [0, 0.05) is 16.1 Å². The molecule has 0 amide bonds. The molecule has 19 heavy (non-hydrogen) atoms. The van der Waals surface area contributed by atoms with Gasteiger partial charge in [-0.15, -0.1) is 0 Å². The molecule has 104 valence electrons. The molecule has 3 N–H and O–H groups in total. The van der Waals surface area contributed by atoms with E-state index in [0.717, 1.165) is 17.3 Å². The summed E-state index contributed by atoms with van der Waals surface area (Å²) >= 11 is 3.32. The van der Waals surface area contributed by atoms with Crippen LogP contribution in [0.4, 0.5) is 4.39 Å². The number of benzene rings is 1. The van der Waals surface area contributed by atoms with E-state index in [2.05, 4.69) is 15.9 Å².